The quantitative estimate of drug-likeness (QED) is 0.717. The van der Waals surface area contributed by atoms with E-state index in [2.05, 4.69) is 39.8 Å². The summed E-state index contributed by atoms with van der Waals surface area (Å²) in [5, 5.41) is 3.37. The number of aryl methyl sites for hydroxylation is 1. The first-order valence-corrected chi connectivity index (χ1v) is 8.95. The van der Waals surface area contributed by atoms with Crippen molar-refractivity contribution in [3.8, 4) is 0 Å². The van der Waals surface area contributed by atoms with Gasteiger partial charge in [0.05, 0.1) is 11.6 Å². The third kappa shape index (κ3) is 5.20. The van der Waals surface area contributed by atoms with Crippen LogP contribution in [0, 0.1) is 5.41 Å². The Balaban J connectivity index is 1.97. The minimum Gasteiger partial charge on any atom is -0.469 e. The molecular formula is C19H24BrNO3. The Bertz CT molecular complexity index is 647. The van der Waals surface area contributed by atoms with Crippen molar-refractivity contribution in [2.24, 2.45) is 5.41 Å². The van der Waals surface area contributed by atoms with Gasteiger partial charge in [0.2, 0.25) is 0 Å². The lowest BCUT2D eigenvalue weighted by molar-refractivity contribution is -0.140. The lowest BCUT2D eigenvalue weighted by Gasteiger charge is -2.31. The summed E-state index contributed by atoms with van der Waals surface area (Å²) >= 11 is 3.42. The second kappa shape index (κ2) is 7.97. The number of allylic oxidation sites excluding steroid dienone is 2. The van der Waals surface area contributed by atoms with Gasteiger partial charge in [-0.3, -0.25) is 9.59 Å². The van der Waals surface area contributed by atoms with Gasteiger partial charge in [-0.25, -0.2) is 0 Å². The number of carbonyl (C=O) groups is 2. The highest BCUT2D eigenvalue weighted by Gasteiger charge is 2.31. The molecule has 24 heavy (non-hydrogen) atoms. The molecule has 0 amide bonds. The van der Waals surface area contributed by atoms with Crippen molar-refractivity contribution < 1.29 is 14.3 Å². The van der Waals surface area contributed by atoms with E-state index in [-0.39, 0.29) is 17.2 Å². The smallest absolute Gasteiger partial charge is 0.305 e. The van der Waals surface area contributed by atoms with Gasteiger partial charge in [0.1, 0.15) is 0 Å². The Hall–Kier alpha value is -1.62. The normalized spacial score (nSPS) is 16.9. The van der Waals surface area contributed by atoms with Crippen LogP contribution in [0.5, 0.6) is 0 Å². The Morgan fingerprint density at radius 2 is 1.92 bits per heavy atom. The van der Waals surface area contributed by atoms with Crippen LogP contribution < -0.4 is 5.32 Å². The zero-order chi connectivity index (χ0) is 17.7. The molecule has 1 aliphatic carbocycles. The highest BCUT2D eigenvalue weighted by molar-refractivity contribution is 9.12. The number of methoxy groups -OCH3 is 1. The van der Waals surface area contributed by atoms with Crippen LogP contribution in [0.3, 0.4) is 0 Å². The molecule has 1 aromatic carbocycles. The predicted octanol–water partition coefficient (Wildman–Crippen LogP) is 4.59. The number of benzene rings is 1. The number of hydrogen-bond donors (Lipinski definition) is 1. The molecule has 0 aliphatic heterocycles. The van der Waals surface area contributed by atoms with Crippen LogP contribution in [-0.4, -0.2) is 18.9 Å². The van der Waals surface area contributed by atoms with E-state index >= 15 is 0 Å². The van der Waals surface area contributed by atoms with Crippen molar-refractivity contribution in [1.82, 2.24) is 0 Å². The van der Waals surface area contributed by atoms with Crippen LogP contribution in [0.15, 0.2) is 34.4 Å². The Kier molecular flexibility index (Phi) is 6.21. The highest BCUT2D eigenvalue weighted by atomic mass is 79.9. The van der Waals surface area contributed by atoms with E-state index in [9.17, 15) is 9.59 Å². The second-order valence-corrected chi connectivity index (χ2v) is 7.78. The van der Waals surface area contributed by atoms with Crippen molar-refractivity contribution >= 4 is 33.4 Å². The molecule has 0 heterocycles. The SMILES string of the molecule is COC(=O)CCCc1ccc(NC2=C(Br)C(=O)CC(C)(C)C2)cc1. The summed E-state index contributed by atoms with van der Waals surface area (Å²) in [5.41, 5.74) is 3.06. The van der Waals surface area contributed by atoms with Gasteiger partial charge in [0, 0.05) is 24.2 Å². The first kappa shape index (κ1) is 18.7. The van der Waals surface area contributed by atoms with Gasteiger partial charge in [-0.2, -0.15) is 0 Å². The van der Waals surface area contributed by atoms with E-state index in [0.717, 1.165) is 30.6 Å². The standard InChI is InChI=1S/C19H24BrNO3/c1-19(2)11-15(18(20)16(22)12-19)21-14-9-7-13(8-10-14)5-4-6-17(23)24-3/h7-10,21H,4-6,11-12H2,1-3H3. The molecular weight excluding hydrogens is 370 g/mol. The van der Waals surface area contributed by atoms with Crippen LogP contribution in [-0.2, 0) is 20.7 Å². The summed E-state index contributed by atoms with van der Waals surface area (Å²) in [5.74, 6) is -0.0252. The molecule has 2 rings (SSSR count). The van der Waals surface area contributed by atoms with E-state index in [1.54, 1.807) is 0 Å². The number of halogens is 1. The van der Waals surface area contributed by atoms with E-state index in [1.807, 2.05) is 24.3 Å². The minimum absolute atomic E-state index is 0.0233. The number of hydrogen-bond acceptors (Lipinski definition) is 4. The first-order valence-electron chi connectivity index (χ1n) is 8.15. The number of carbonyl (C=O) groups excluding carboxylic acids is 2. The monoisotopic (exact) mass is 393 g/mol. The topological polar surface area (TPSA) is 55.4 Å². The Labute approximate surface area is 151 Å². The fourth-order valence-corrected chi connectivity index (χ4v) is 3.25. The summed E-state index contributed by atoms with van der Waals surface area (Å²) in [6, 6.07) is 8.10. The van der Waals surface area contributed by atoms with Gasteiger partial charge in [-0.15, -0.1) is 0 Å². The summed E-state index contributed by atoms with van der Waals surface area (Å²) in [4.78, 5) is 23.2. The predicted molar refractivity (Wildman–Crippen MR) is 99.0 cm³/mol. The zero-order valence-electron chi connectivity index (χ0n) is 14.4. The van der Waals surface area contributed by atoms with Crippen LogP contribution >= 0.6 is 15.9 Å². The maximum atomic E-state index is 12.1. The number of anilines is 1. The molecule has 0 spiro atoms. The van der Waals surface area contributed by atoms with E-state index in [4.69, 9.17) is 0 Å². The van der Waals surface area contributed by atoms with E-state index in [1.165, 1.54) is 12.7 Å². The number of esters is 1. The molecule has 4 nitrogen and oxygen atoms in total. The molecule has 0 saturated heterocycles. The van der Waals surface area contributed by atoms with Gasteiger partial charge in [0.15, 0.2) is 5.78 Å². The van der Waals surface area contributed by atoms with Crippen LogP contribution in [0.1, 0.15) is 45.1 Å². The minimum atomic E-state index is -0.172. The zero-order valence-corrected chi connectivity index (χ0v) is 16.0. The summed E-state index contributed by atoms with van der Waals surface area (Å²) in [6.07, 6.45) is 3.46. The van der Waals surface area contributed by atoms with Gasteiger partial charge < -0.3 is 10.1 Å². The van der Waals surface area contributed by atoms with E-state index < -0.39 is 0 Å². The van der Waals surface area contributed by atoms with Crippen LogP contribution in [0.4, 0.5) is 5.69 Å². The summed E-state index contributed by atoms with van der Waals surface area (Å²) in [6.45, 7) is 4.22. The lowest BCUT2D eigenvalue weighted by Crippen LogP contribution is -2.26. The molecule has 0 fully saturated rings. The van der Waals surface area contributed by atoms with Crippen molar-refractivity contribution in [3.05, 3.63) is 40.0 Å². The van der Waals surface area contributed by atoms with Gasteiger partial charge in [0.25, 0.3) is 0 Å². The number of ether oxygens (including phenoxy) is 1. The Morgan fingerprint density at radius 3 is 2.54 bits per heavy atom. The van der Waals surface area contributed by atoms with Crippen molar-refractivity contribution in [3.63, 3.8) is 0 Å². The molecule has 1 aromatic rings. The third-order valence-corrected chi connectivity index (χ3v) is 5.05. The van der Waals surface area contributed by atoms with E-state index in [0.29, 0.717) is 17.3 Å². The fraction of sp³-hybridized carbons (Fsp3) is 0.474. The summed E-state index contributed by atoms with van der Waals surface area (Å²) < 4.78 is 5.30. The molecule has 0 aromatic heterocycles. The van der Waals surface area contributed by atoms with Crippen LogP contribution in [0.25, 0.3) is 0 Å². The molecule has 5 heteroatoms. The molecule has 1 N–H and O–H groups in total. The average Bonchev–Trinajstić information content (AvgIpc) is 2.53. The summed E-state index contributed by atoms with van der Waals surface area (Å²) in [7, 11) is 1.41. The van der Waals surface area contributed by atoms with Crippen molar-refractivity contribution in [2.75, 3.05) is 12.4 Å². The molecule has 0 radical (unpaired) electrons. The highest BCUT2D eigenvalue weighted by Crippen LogP contribution is 2.39. The van der Waals surface area contributed by atoms with Crippen LogP contribution in [0.2, 0.25) is 0 Å². The molecule has 130 valence electrons. The van der Waals surface area contributed by atoms with Gasteiger partial charge >= 0.3 is 5.97 Å². The van der Waals surface area contributed by atoms with Gasteiger partial charge in [-0.1, -0.05) is 26.0 Å². The Morgan fingerprint density at radius 1 is 1.25 bits per heavy atom. The molecule has 0 bridgehead atoms. The number of Topliss-reactive ketones (excluding diaryl/α,β-unsaturated/α-hetero) is 1. The number of rotatable bonds is 6. The van der Waals surface area contributed by atoms with Crippen molar-refractivity contribution in [1.29, 1.82) is 0 Å². The largest absolute Gasteiger partial charge is 0.469 e. The number of nitrogens with one attached hydrogen (secondary N) is 1. The lowest BCUT2D eigenvalue weighted by atomic mass is 9.79. The average molecular weight is 394 g/mol. The first-order chi connectivity index (χ1) is 11.3. The molecule has 0 saturated carbocycles. The number of ketones is 1. The molecule has 1 aliphatic rings. The molecule has 0 unspecified atom stereocenters. The molecule has 0 atom stereocenters. The van der Waals surface area contributed by atoms with Gasteiger partial charge in [-0.05, 0) is 58.3 Å². The maximum Gasteiger partial charge on any atom is 0.305 e. The maximum absolute atomic E-state index is 12.1. The fourth-order valence-electron chi connectivity index (χ4n) is 2.87. The second-order valence-electron chi connectivity index (χ2n) is 6.99. The third-order valence-electron chi connectivity index (χ3n) is 4.13. The van der Waals surface area contributed by atoms with Crippen molar-refractivity contribution in [2.45, 2.75) is 46.0 Å².